The maximum Gasteiger partial charge on any atom is 0.229 e. The van der Waals surface area contributed by atoms with Crippen molar-refractivity contribution >= 4 is 5.95 Å². The van der Waals surface area contributed by atoms with Crippen LogP contribution in [-0.4, -0.2) is 39.8 Å². The summed E-state index contributed by atoms with van der Waals surface area (Å²) in [4.78, 5) is 15.1. The molecule has 1 aliphatic heterocycles. The standard InChI is InChI=1S/C24H29F2N5O2/c1-15(2)23-29-22(30-33-23)21-19(25)11-18(12-20(21)26)32-10-4-5-17-6-8-31(9-7-17)24-27-13-16(3)14-28-24/h11-15,17H,4-10H2,1-3H3. The van der Waals surface area contributed by atoms with Crippen LogP contribution >= 0.6 is 0 Å². The molecule has 3 aromatic rings. The van der Waals surface area contributed by atoms with Gasteiger partial charge < -0.3 is 14.2 Å². The topological polar surface area (TPSA) is 77.2 Å². The minimum Gasteiger partial charge on any atom is -0.493 e. The summed E-state index contributed by atoms with van der Waals surface area (Å²) in [6.45, 7) is 7.97. The lowest BCUT2D eigenvalue weighted by Crippen LogP contribution is -2.34. The van der Waals surface area contributed by atoms with Crippen molar-refractivity contribution in [3.05, 3.63) is 47.6 Å². The van der Waals surface area contributed by atoms with E-state index in [2.05, 4.69) is 25.0 Å². The fourth-order valence-electron chi connectivity index (χ4n) is 3.95. The Kier molecular flexibility index (Phi) is 7.15. The predicted octanol–water partition coefficient (Wildman–Crippen LogP) is 5.31. The summed E-state index contributed by atoms with van der Waals surface area (Å²) in [7, 11) is 0. The monoisotopic (exact) mass is 457 g/mol. The van der Waals surface area contributed by atoms with E-state index in [1.165, 1.54) is 12.1 Å². The molecule has 0 spiro atoms. The van der Waals surface area contributed by atoms with Crippen LogP contribution in [0.15, 0.2) is 29.0 Å². The van der Waals surface area contributed by atoms with E-state index in [1.54, 1.807) is 0 Å². The molecule has 9 heteroatoms. The first-order valence-corrected chi connectivity index (χ1v) is 11.4. The number of halogens is 2. The van der Waals surface area contributed by atoms with Crippen LogP contribution in [0.2, 0.25) is 0 Å². The summed E-state index contributed by atoms with van der Waals surface area (Å²) in [6, 6.07) is 2.34. The molecule has 176 valence electrons. The van der Waals surface area contributed by atoms with Crippen LogP contribution in [0.5, 0.6) is 5.75 Å². The molecule has 0 aliphatic carbocycles. The zero-order chi connectivity index (χ0) is 23.4. The van der Waals surface area contributed by atoms with Crippen molar-refractivity contribution in [2.24, 2.45) is 5.92 Å². The smallest absolute Gasteiger partial charge is 0.229 e. The Balaban J connectivity index is 1.24. The second-order valence-corrected chi connectivity index (χ2v) is 8.85. The fraction of sp³-hybridized carbons (Fsp3) is 0.500. The molecule has 0 bridgehead atoms. The van der Waals surface area contributed by atoms with Crippen molar-refractivity contribution in [1.29, 1.82) is 0 Å². The minimum absolute atomic E-state index is 0.0249. The molecule has 0 N–H and O–H groups in total. The van der Waals surface area contributed by atoms with Gasteiger partial charge in [0.15, 0.2) is 0 Å². The quantitative estimate of drug-likeness (QED) is 0.424. The predicted molar refractivity (Wildman–Crippen MR) is 120 cm³/mol. The first kappa shape index (κ1) is 23.1. The number of aromatic nitrogens is 4. The van der Waals surface area contributed by atoms with E-state index < -0.39 is 11.6 Å². The molecule has 0 unspecified atom stereocenters. The molecule has 2 aromatic heterocycles. The highest BCUT2D eigenvalue weighted by Gasteiger charge is 2.22. The van der Waals surface area contributed by atoms with Gasteiger partial charge in [0.05, 0.1) is 12.2 Å². The van der Waals surface area contributed by atoms with Gasteiger partial charge in [-0.25, -0.2) is 18.7 Å². The molecule has 33 heavy (non-hydrogen) atoms. The largest absolute Gasteiger partial charge is 0.493 e. The van der Waals surface area contributed by atoms with Crippen LogP contribution in [0.25, 0.3) is 11.4 Å². The van der Waals surface area contributed by atoms with Gasteiger partial charge in [-0.05, 0) is 44.1 Å². The summed E-state index contributed by atoms with van der Waals surface area (Å²) in [5.41, 5.74) is 0.750. The van der Waals surface area contributed by atoms with Crippen molar-refractivity contribution in [2.45, 2.75) is 52.4 Å². The van der Waals surface area contributed by atoms with E-state index in [9.17, 15) is 8.78 Å². The number of hydrogen-bond donors (Lipinski definition) is 0. The number of anilines is 1. The summed E-state index contributed by atoms with van der Waals surface area (Å²) >= 11 is 0. The zero-order valence-electron chi connectivity index (χ0n) is 19.2. The van der Waals surface area contributed by atoms with Crippen molar-refractivity contribution < 1.29 is 18.0 Å². The summed E-state index contributed by atoms with van der Waals surface area (Å²) in [6.07, 6.45) is 7.65. The van der Waals surface area contributed by atoms with Crippen molar-refractivity contribution in [2.75, 3.05) is 24.6 Å². The van der Waals surface area contributed by atoms with Gasteiger partial charge in [0, 0.05) is 43.5 Å². The number of rotatable bonds is 8. The highest BCUT2D eigenvalue weighted by atomic mass is 19.1. The van der Waals surface area contributed by atoms with Crippen molar-refractivity contribution in [3.63, 3.8) is 0 Å². The van der Waals surface area contributed by atoms with Gasteiger partial charge in [0.1, 0.15) is 17.4 Å². The third-order valence-electron chi connectivity index (χ3n) is 5.86. The number of ether oxygens (including phenoxy) is 1. The molecular formula is C24H29F2N5O2. The second-order valence-electron chi connectivity index (χ2n) is 8.85. The Labute approximate surface area is 192 Å². The Morgan fingerprint density at radius 2 is 1.79 bits per heavy atom. The lowest BCUT2D eigenvalue weighted by atomic mass is 9.92. The highest BCUT2D eigenvalue weighted by Crippen LogP contribution is 2.29. The Morgan fingerprint density at radius 1 is 1.12 bits per heavy atom. The van der Waals surface area contributed by atoms with E-state index in [-0.39, 0.29) is 23.1 Å². The van der Waals surface area contributed by atoms with Gasteiger partial charge in [-0.1, -0.05) is 19.0 Å². The second kappa shape index (κ2) is 10.2. The maximum atomic E-state index is 14.5. The van der Waals surface area contributed by atoms with Crippen LogP contribution in [0.3, 0.4) is 0 Å². The van der Waals surface area contributed by atoms with E-state index in [4.69, 9.17) is 9.26 Å². The van der Waals surface area contributed by atoms with E-state index in [0.29, 0.717) is 18.4 Å². The summed E-state index contributed by atoms with van der Waals surface area (Å²) in [5.74, 6) is 0.217. The molecule has 4 rings (SSSR count). The van der Waals surface area contributed by atoms with Gasteiger partial charge in [-0.3, -0.25) is 0 Å². The number of piperidine rings is 1. The molecule has 1 fully saturated rings. The Bertz CT molecular complexity index is 1040. The van der Waals surface area contributed by atoms with Crippen LogP contribution < -0.4 is 9.64 Å². The van der Waals surface area contributed by atoms with Crippen molar-refractivity contribution in [1.82, 2.24) is 20.1 Å². The van der Waals surface area contributed by atoms with Gasteiger partial charge in [0.25, 0.3) is 0 Å². The molecule has 1 aliphatic rings. The van der Waals surface area contributed by atoms with Gasteiger partial charge in [0.2, 0.25) is 17.7 Å². The van der Waals surface area contributed by atoms with E-state index >= 15 is 0 Å². The molecule has 1 aromatic carbocycles. The number of benzene rings is 1. The van der Waals surface area contributed by atoms with Gasteiger partial charge in [-0.2, -0.15) is 4.98 Å². The van der Waals surface area contributed by atoms with Crippen LogP contribution in [-0.2, 0) is 0 Å². The van der Waals surface area contributed by atoms with Crippen LogP contribution in [0.4, 0.5) is 14.7 Å². The highest BCUT2D eigenvalue weighted by molar-refractivity contribution is 5.58. The Hall–Kier alpha value is -3.10. The van der Waals surface area contributed by atoms with Crippen molar-refractivity contribution in [3.8, 4) is 17.1 Å². The van der Waals surface area contributed by atoms with Gasteiger partial charge in [-0.15, -0.1) is 0 Å². The molecule has 0 amide bonds. The number of hydrogen-bond acceptors (Lipinski definition) is 7. The number of nitrogens with zero attached hydrogens (tertiary/aromatic N) is 5. The summed E-state index contributed by atoms with van der Waals surface area (Å²) in [5, 5.41) is 3.70. The fourth-order valence-corrected chi connectivity index (χ4v) is 3.95. The lowest BCUT2D eigenvalue weighted by molar-refractivity contribution is 0.277. The van der Waals surface area contributed by atoms with Crippen LogP contribution in [0.1, 0.15) is 56.9 Å². The molecule has 0 radical (unpaired) electrons. The van der Waals surface area contributed by atoms with Crippen LogP contribution in [0, 0.1) is 24.5 Å². The zero-order valence-corrected chi connectivity index (χ0v) is 19.2. The van der Waals surface area contributed by atoms with E-state index in [1.807, 2.05) is 33.2 Å². The van der Waals surface area contributed by atoms with E-state index in [0.717, 1.165) is 50.3 Å². The average molecular weight is 458 g/mol. The molecule has 0 saturated carbocycles. The Morgan fingerprint density at radius 3 is 2.39 bits per heavy atom. The molecule has 3 heterocycles. The first-order valence-electron chi connectivity index (χ1n) is 11.4. The number of aryl methyl sites for hydroxylation is 1. The maximum absolute atomic E-state index is 14.5. The van der Waals surface area contributed by atoms with Gasteiger partial charge >= 0.3 is 0 Å². The minimum atomic E-state index is -0.771. The molecule has 7 nitrogen and oxygen atoms in total. The normalized spacial score (nSPS) is 14.8. The lowest BCUT2D eigenvalue weighted by Gasteiger charge is -2.32. The third-order valence-corrected chi connectivity index (χ3v) is 5.86. The average Bonchev–Trinajstić information content (AvgIpc) is 3.27. The molecule has 0 atom stereocenters. The first-order chi connectivity index (χ1) is 15.9. The SMILES string of the molecule is Cc1cnc(N2CCC(CCCOc3cc(F)c(-c4noc(C(C)C)n4)c(F)c3)CC2)nc1. The molecular weight excluding hydrogens is 428 g/mol. The third kappa shape index (κ3) is 5.64. The molecule has 1 saturated heterocycles. The summed E-state index contributed by atoms with van der Waals surface area (Å²) < 4.78 is 39.8.